The summed E-state index contributed by atoms with van der Waals surface area (Å²) in [7, 11) is 1.68. The molecular weight excluding hydrogens is 286 g/mol. The first-order valence-corrected chi connectivity index (χ1v) is 7.80. The number of rotatable bonds is 7. The Morgan fingerprint density at radius 2 is 2.14 bits per heavy atom. The molecule has 5 nitrogen and oxygen atoms in total. The predicted molar refractivity (Wildman–Crippen MR) is 84.6 cm³/mol. The fraction of sp³-hybridized carbons (Fsp3) is 0.400. The Hall–Kier alpha value is -1.66. The van der Waals surface area contributed by atoms with Gasteiger partial charge in [0.25, 0.3) is 0 Å². The van der Waals surface area contributed by atoms with Gasteiger partial charge in [-0.2, -0.15) is 0 Å². The summed E-state index contributed by atoms with van der Waals surface area (Å²) in [6, 6.07) is 7.89. The summed E-state index contributed by atoms with van der Waals surface area (Å²) in [5, 5.41) is 14.1. The molecule has 2 N–H and O–H groups in total. The van der Waals surface area contributed by atoms with Crippen molar-refractivity contribution in [3.63, 3.8) is 0 Å². The molecule has 1 aromatic heterocycles. The minimum absolute atomic E-state index is 0.578. The number of benzene rings is 1. The van der Waals surface area contributed by atoms with Crippen molar-refractivity contribution in [2.75, 3.05) is 12.8 Å². The topological polar surface area (TPSA) is 75.1 Å². The minimum atomic E-state index is -0.867. The number of nitrogens with zero attached hydrogens (tertiary/aromatic N) is 2. The van der Waals surface area contributed by atoms with Crippen molar-refractivity contribution in [3.8, 4) is 0 Å². The molecule has 1 aromatic carbocycles. The van der Waals surface area contributed by atoms with E-state index in [0.29, 0.717) is 6.42 Å². The van der Waals surface area contributed by atoms with Crippen LogP contribution in [0.4, 0.5) is 0 Å². The molecule has 0 aliphatic carbocycles. The van der Waals surface area contributed by atoms with E-state index in [0.717, 1.165) is 28.1 Å². The van der Waals surface area contributed by atoms with Gasteiger partial charge < -0.3 is 10.4 Å². The first-order valence-electron chi connectivity index (χ1n) is 6.82. The monoisotopic (exact) mass is 305 g/mol. The van der Waals surface area contributed by atoms with Gasteiger partial charge in [0, 0.05) is 5.39 Å². The van der Waals surface area contributed by atoms with Gasteiger partial charge >= 0.3 is 5.97 Å². The Morgan fingerprint density at radius 3 is 2.86 bits per heavy atom. The summed E-state index contributed by atoms with van der Waals surface area (Å²) in [6.45, 7) is 1.71. The minimum Gasteiger partial charge on any atom is -0.480 e. The average molecular weight is 305 g/mol. The summed E-state index contributed by atoms with van der Waals surface area (Å²) in [6.07, 6.45) is 2.95. The Kier molecular flexibility index (Phi) is 5.14. The molecular formula is C15H19N3O2S. The molecule has 1 unspecified atom stereocenters. The smallest absolute Gasteiger partial charge is 0.323 e. The third-order valence-electron chi connectivity index (χ3n) is 3.59. The van der Waals surface area contributed by atoms with Crippen LogP contribution in [0.3, 0.4) is 0 Å². The maximum absolute atomic E-state index is 11.2. The molecule has 0 saturated carbocycles. The van der Waals surface area contributed by atoms with Gasteiger partial charge in [-0.05, 0) is 38.6 Å². The van der Waals surface area contributed by atoms with Crippen LogP contribution in [-0.2, 0) is 4.79 Å². The number of likely N-dealkylation sites (N-methyl/N-ethyl adjacent to an activating group) is 1. The van der Waals surface area contributed by atoms with Crippen LogP contribution in [0.5, 0.6) is 0 Å². The predicted octanol–water partition coefficient (Wildman–Crippen LogP) is 2.56. The van der Waals surface area contributed by atoms with Gasteiger partial charge in [0.15, 0.2) is 0 Å². The number of carboxylic acid groups (broad SMARTS) is 1. The third-order valence-corrected chi connectivity index (χ3v) is 4.68. The summed E-state index contributed by atoms with van der Waals surface area (Å²) < 4.78 is 0. The number of hydrogen-bond acceptors (Lipinski definition) is 5. The van der Waals surface area contributed by atoms with Crippen LogP contribution >= 0.6 is 11.8 Å². The number of thioether (sulfide) groups is 1. The van der Waals surface area contributed by atoms with Gasteiger partial charge in [0.05, 0.1) is 5.52 Å². The zero-order valence-corrected chi connectivity index (χ0v) is 13.0. The highest BCUT2D eigenvalue weighted by atomic mass is 32.2. The lowest BCUT2D eigenvalue weighted by atomic mass is 9.97. The second kappa shape index (κ2) is 6.87. The van der Waals surface area contributed by atoms with Crippen molar-refractivity contribution in [2.24, 2.45) is 0 Å². The van der Waals surface area contributed by atoms with Crippen LogP contribution in [0.2, 0.25) is 0 Å². The van der Waals surface area contributed by atoms with Crippen LogP contribution in [0, 0.1) is 0 Å². The van der Waals surface area contributed by atoms with Crippen molar-refractivity contribution < 1.29 is 9.90 Å². The highest BCUT2D eigenvalue weighted by molar-refractivity contribution is 7.99. The van der Waals surface area contributed by atoms with E-state index in [2.05, 4.69) is 15.3 Å². The van der Waals surface area contributed by atoms with Crippen LogP contribution in [-0.4, -0.2) is 39.4 Å². The molecule has 21 heavy (non-hydrogen) atoms. The zero-order valence-electron chi connectivity index (χ0n) is 12.2. The van der Waals surface area contributed by atoms with E-state index in [1.165, 1.54) is 0 Å². The SMILES string of the molecule is CNC(C)(CCCSc1ncnc2ccccc12)C(=O)O. The molecule has 0 saturated heterocycles. The Bertz CT molecular complexity index is 630. The molecule has 0 spiro atoms. The van der Waals surface area contributed by atoms with Gasteiger partial charge in [-0.15, -0.1) is 11.8 Å². The molecule has 112 valence electrons. The fourth-order valence-corrected chi connectivity index (χ4v) is 2.96. The lowest BCUT2D eigenvalue weighted by Crippen LogP contribution is -2.47. The second-order valence-corrected chi connectivity index (χ2v) is 6.12. The van der Waals surface area contributed by atoms with Crippen molar-refractivity contribution >= 4 is 28.6 Å². The fourth-order valence-electron chi connectivity index (χ4n) is 2.03. The Balaban J connectivity index is 1.96. The molecule has 0 amide bonds. The van der Waals surface area contributed by atoms with Gasteiger partial charge in [-0.25, -0.2) is 9.97 Å². The van der Waals surface area contributed by atoms with Crippen LogP contribution in [0.1, 0.15) is 19.8 Å². The number of nitrogens with one attached hydrogen (secondary N) is 1. The van der Waals surface area contributed by atoms with E-state index in [1.54, 1.807) is 32.1 Å². The normalized spacial score (nSPS) is 14.0. The molecule has 6 heteroatoms. The van der Waals surface area contributed by atoms with Crippen molar-refractivity contribution in [2.45, 2.75) is 30.3 Å². The largest absolute Gasteiger partial charge is 0.480 e. The number of carboxylic acids is 1. The van der Waals surface area contributed by atoms with Gasteiger partial charge in [0.2, 0.25) is 0 Å². The van der Waals surface area contributed by atoms with Gasteiger partial charge in [-0.1, -0.05) is 18.2 Å². The van der Waals surface area contributed by atoms with E-state index in [-0.39, 0.29) is 0 Å². The standard InChI is InChI=1S/C15H19N3O2S/c1-15(16-2,14(19)20)8-5-9-21-13-11-6-3-4-7-12(11)17-10-18-13/h3-4,6-7,10,16H,5,8-9H2,1-2H3,(H,19,20). The van der Waals surface area contributed by atoms with Gasteiger partial charge in [-0.3, -0.25) is 4.79 Å². The number of hydrogen-bond donors (Lipinski definition) is 2. The maximum Gasteiger partial charge on any atom is 0.323 e. The Morgan fingerprint density at radius 1 is 1.38 bits per heavy atom. The first kappa shape index (κ1) is 15.7. The van der Waals surface area contributed by atoms with Crippen molar-refractivity contribution in [3.05, 3.63) is 30.6 Å². The van der Waals surface area contributed by atoms with E-state index < -0.39 is 11.5 Å². The lowest BCUT2D eigenvalue weighted by Gasteiger charge is -2.23. The summed E-state index contributed by atoms with van der Waals surface area (Å²) in [4.78, 5) is 19.8. The van der Waals surface area contributed by atoms with Gasteiger partial charge in [0.1, 0.15) is 16.9 Å². The van der Waals surface area contributed by atoms with Crippen LogP contribution < -0.4 is 5.32 Å². The van der Waals surface area contributed by atoms with E-state index >= 15 is 0 Å². The molecule has 1 atom stereocenters. The Labute approximate surface area is 128 Å². The maximum atomic E-state index is 11.2. The molecule has 0 radical (unpaired) electrons. The zero-order chi connectivity index (χ0) is 15.3. The van der Waals surface area contributed by atoms with Crippen LogP contribution in [0.25, 0.3) is 10.9 Å². The summed E-state index contributed by atoms with van der Waals surface area (Å²) in [5.41, 5.74) is 0.0643. The van der Waals surface area contributed by atoms with E-state index in [4.69, 9.17) is 0 Å². The molecule has 1 heterocycles. The summed E-state index contributed by atoms with van der Waals surface area (Å²) in [5.74, 6) is 0.00782. The molecule has 0 bridgehead atoms. The van der Waals surface area contributed by atoms with Crippen LogP contribution in [0.15, 0.2) is 35.6 Å². The van der Waals surface area contributed by atoms with E-state index in [1.807, 2.05) is 24.3 Å². The number of para-hydroxylation sites is 1. The molecule has 0 aliphatic rings. The highest BCUT2D eigenvalue weighted by Gasteiger charge is 2.30. The number of fused-ring (bicyclic) bond motifs is 1. The van der Waals surface area contributed by atoms with Crippen molar-refractivity contribution in [1.82, 2.24) is 15.3 Å². The van der Waals surface area contributed by atoms with Crippen molar-refractivity contribution in [1.29, 1.82) is 0 Å². The molecule has 2 aromatic rings. The highest BCUT2D eigenvalue weighted by Crippen LogP contribution is 2.25. The summed E-state index contributed by atoms with van der Waals surface area (Å²) >= 11 is 1.64. The number of carbonyl (C=O) groups is 1. The van der Waals surface area contributed by atoms with E-state index in [9.17, 15) is 9.90 Å². The molecule has 0 aliphatic heterocycles. The number of aromatic nitrogens is 2. The number of aliphatic carboxylic acids is 1. The molecule has 0 fully saturated rings. The second-order valence-electron chi connectivity index (χ2n) is 5.04. The lowest BCUT2D eigenvalue weighted by molar-refractivity contribution is -0.144. The molecule has 2 rings (SSSR count). The average Bonchev–Trinajstić information content (AvgIpc) is 2.51. The quantitative estimate of drug-likeness (QED) is 0.465. The third kappa shape index (κ3) is 3.71. The first-order chi connectivity index (χ1) is 10.1.